The molecule has 0 radical (unpaired) electrons. The van der Waals surface area contributed by atoms with Crippen LogP contribution >= 0.6 is 0 Å². The summed E-state index contributed by atoms with van der Waals surface area (Å²) in [4.78, 5) is 26.3. The van der Waals surface area contributed by atoms with Crippen LogP contribution in [0.5, 0.6) is 0 Å². The monoisotopic (exact) mass is 250 g/mol. The van der Waals surface area contributed by atoms with Crippen LogP contribution in [0, 0.1) is 0 Å². The highest BCUT2D eigenvalue weighted by Crippen LogP contribution is 2.31. The van der Waals surface area contributed by atoms with Gasteiger partial charge in [-0.15, -0.1) is 6.58 Å². The normalized spacial score (nSPS) is 23.7. The number of hydrogen-bond acceptors (Lipinski definition) is 2. The highest BCUT2D eigenvalue weighted by Gasteiger charge is 2.44. The molecule has 4 heteroatoms. The first kappa shape index (κ1) is 13.1. The molecule has 100 valence electrons. The van der Waals surface area contributed by atoms with Gasteiger partial charge in [-0.2, -0.15) is 0 Å². The second kappa shape index (κ2) is 5.55. The van der Waals surface area contributed by atoms with Gasteiger partial charge in [0.05, 0.1) is 0 Å². The van der Waals surface area contributed by atoms with Crippen molar-refractivity contribution in [2.75, 3.05) is 13.1 Å². The van der Waals surface area contributed by atoms with E-state index in [9.17, 15) is 9.59 Å². The average molecular weight is 250 g/mol. The van der Waals surface area contributed by atoms with Gasteiger partial charge in [-0.1, -0.05) is 25.3 Å². The Labute approximate surface area is 108 Å². The van der Waals surface area contributed by atoms with E-state index in [4.69, 9.17) is 0 Å². The van der Waals surface area contributed by atoms with Crippen LogP contribution in [0.1, 0.15) is 44.9 Å². The summed E-state index contributed by atoms with van der Waals surface area (Å²) in [5, 5.41) is 2.99. The first-order valence-corrected chi connectivity index (χ1v) is 6.89. The number of hydrogen-bond donors (Lipinski definition) is 1. The summed E-state index contributed by atoms with van der Waals surface area (Å²) in [5.74, 6) is 0.140. The number of rotatable bonds is 3. The predicted octanol–water partition coefficient (Wildman–Crippen LogP) is 1.61. The molecular weight excluding hydrogens is 228 g/mol. The van der Waals surface area contributed by atoms with Crippen LogP contribution in [-0.4, -0.2) is 35.3 Å². The second-order valence-electron chi connectivity index (χ2n) is 5.31. The van der Waals surface area contributed by atoms with E-state index in [1.807, 2.05) is 11.0 Å². The molecule has 1 heterocycles. The smallest absolute Gasteiger partial charge is 0.248 e. The van der Waals surface area contributed by atoms with E-state index in [0.29, 0.717) is 19.5 Å². The third-order valence-electron chi connectivity index (χ3n) is 3.99. The van der Waals surface area contributed by atoms with E-state index in [1.165, 1.54) is 0 Å². The summed E-state index contributed by atoms with van der Waals surface area (Å²) >= 11 is 0. The molecule has 4 nitrogen and oxygen atoms in total. The molecule has 1 saturated heterocycles. The first-order chi connectivity index (χ1) is 8.68. The standard InChI is InChI=1S/C14H22N2O2/c1-2-3-10-16-11-7-12(17)15-14(13(16)18)8-5-4-6-9-14/h2H,1,3-11H2,(H,15,17). The van der Waals surface area contributed by atoms with Crippen molar-refractivity contribution >= 4 is 11.8 Å². The minimum Gasteiger partial charge on any atom is -0.342 e. The quantitative estimate of drug-likeness (QED) is 0.774. The molecule has 18 heavy (non-hydrogen) atoms. The lowest BCUT2D eigenvalue weighted by atomic mass is 9.80. The van der Waals surface area contributed by atoms with Gasteiger partial charge in [0.15, 0.2) is 0 Å². The molecule has 1 saturated carbocycles. The van der Waals surface area contributed by atoms with Crippen molar-refractivity contribution < 1.29 is 9.59 Å². The number of nitrogens with one attached hydrogen (secondary N) is 1. The van der Waals surface area contributed by atoms with Crippen molar-refractivity contribution in [3.63, 3.8) is 0 Å². The van der Waals surface area contributed by atoms with Gasteiger partial charge < -0.3 is 10.2 Å². The SMILES string of the molecule is C=CCCN1CCC(=O)NC2(CCCCC2)C1=O. The number of nitrogens with zero attached hydrogens (tertiary/aromatic N) is 1. The van der Waals surface area contributed by atoms with E-state index in [-0.39, 0.29) is 11.8 Å². The lowest BCUT2D eigenvalue weighted by Gasteiger charge is -2.38. The molecule has 0 atom stereocenters. The molecule has 0 aromatic carbocycles. The van der Waals surface area contributed by atoms with Gasteiger partial charge in [-0.05, 0) is 19.3 Å². The minimum atomic E-state index is -0.604. The molecule has 0 aromatic rings. The molecule has 2 rings (SSSR count). The Hall–Kier alpha value is -1.32. The fourth-order valence-corrected chi connectivity index (χ4v) is 2.98. The fraction of sp³-hybridized carbons (Fsp3) is 0.714. The van der Waals surface area contributed by atoms with Crippen LogP contribution in [0.15, 0.2) is 12.7 Å². The second-order valence-corrected chi connectivity index (χ2v) is 5.31. The highest BCUT2D eigenvalue weighted by atomic mass is 16.2. The van der Waals surface area contributed by atoms with Gasteiger partial charge in [0.1, 0.15) is 5.54 Å². The Morgan fingerprint density at radius 1 is 1.28 bits per heavy atom. The molecule has 1 N–H and O–H groups in total. The van der Waals surface area contributed by atoms with Crippen molar-refractivity contribution in [2.45, 2.75) is 50.5 Å². The molecule has 2 amide bonds. The van der Waals surface area contributed by atoms with Crippen molar-refractivity contribution in [3.8, 4) is 0 Å². The van der Waals surface area contributed by atoms with E-state index < -0.39 is 5.54 Å². The summed E-state index contributed by atoms with van der Waals surface area (Å²) in [5.41, 5.74) is -0.604. The van der Waals surface area contributed by atoms with E-state index >= 15 is 0 Å². The van der Waals surface area contributed by atoms with E-state index in [1.54, 1.807) is 0 Å². The van der Waals surface area contributed by atoms with Crippen LogP contribution in [0.4, 0.5) is 0 Å². The van der Waals surface area contributed by atoms with Crippen LogP contribution in [0.25, 0.3) is 0 Å². The highest BCUT2D eigenvalue weighted by molar-refractivity contribution is 5.93. The molecule has 2 fully saturated rings. The Kier molecular flexibility index (Phi) is 4.04. The average Bonchev–Trinajstić information content (AvgIpc) is 2.48. The van der Waals surface area contributed by atoms with Gasteiger partial charge in [0.25, 0.3) is 0 Å². The molecule has 0 bridgehead atoms. The van der Waals surface area contributed by atoms with E-state index in [2.05, 4.69) is 11.9 Å². The Morgan fingerprint density at radius 2 is 2.00 bits per heavy atom. The molecular formula is C14H22N2O2. The maximum atomic E-state index is 12.7. The summed E-state index contributed by atoms with van der Waals surface area (Å²) in [6, 6.07) is 0. The van der Waals surface area contributed by atoms with Gasteiger partial charge in [-0.3, -0.25) is 9.59 Å². The first-order valence-electron chi connectivity index (χ1n) is 6.89. The Morgan fingerprint density at radius 3 is 2.67 bits per heavy atom. The lowest BCUT2D eigenvalue weighted by molar-refractivity contribution is -0.140. The summed E-state index contributed by atoms with van der Waals surface area (Å²) in [7, 11) is 0. The van der Waals surface area contributed by atoms with Crippen molar-refractivity contribution in [1.29, 1.82) is 0 Å². The largest absolute Gasteiger partial charge is 0.342 e. The van der Waals surface area contributed by atoms with Crippen LogP contribution in [0.2, 0.25) is 0 Å². The van der Waals surface area contributed by atoms with E-state index in [0.717, 1.165) is 38.5 Å². The predicted molar refractivity (Wildman–Crippen MR) is 70.0 cm³/mol. The Bertz CT molecular complexity index is 346. The zero-order chi connectivity index (χ0) is 13.0. The number of carbonyl (C=O) groups excluding carboxylic acids is 2. The van der Waals surface area contributed by atoms with Crippen molar-refractivity contribution in [3.05, 3.63) is 12.7 Å². The van der Waals surface area contributed by atoms with Crippen molar-refractivity contribution in [2.24, 2.45) is 0 Å². The Balaban J connectivity index is 2.17. The molecule has 1 aliphatic carbocycles. The maximum absolute atomic E-state index is 12.7. The third-order valence-corrected chi connectivity index (χ3v) is 3.99. The van der Waals surface area contributed by atoms with Crippen LogP contribution in [0.3, 0.4) is 0 Å². The summed E-state index contributed by atoms with van der Waals surface area (Å²) < 4.78 is 0. The van der Waals surface area contributed by atoms with Crippen molar-refractivity contribution in [1.82, 2.24) is 10.2 Å². The summed E-state index contributed by atoms with van der Waals surface area (Å²) in [6.45, 7) is 4.91. The zero-order valence-electron chi connectivity index (χ0n) is 10.9. The fourth-order valence-electron chi connectivity index (χ4n) is 2.98. The number of carbonyl (C=O) groups is 2. The molecule has 1 spiro atoms. The molecule has 0 aromatic heterocycles. The van der Waals surface area contributed by atoms with Gasteiger partial charge >= 0.3 is 0 Å². The topological polar surface area (TPSA) is 49.4 Å². The lowest BCUT2D eigenvalue weighted by Crippen LogP contribution is -2.58. The van der Waals surface area contributed by atoms with Gasteiger partial charge in [0.2, 0.25) is 11.8 Å². The van der Waals surface area contributed by atoms with Crippen LogP contribution < -0.4 is 5.32 Å². The van der Waals surface area contributed by atoms with Gasteiger partial charge in [-0.25, -0.2) is 0 Å². The molecule has 2 aliphatic rings. The maximum Gasteiger partial charge on any atom is 0.248 e. The zero-order valence-corrected chi connectivity index (χ0v) is 10.9. The van der Waals surface area contributed by atoms with Crippen LogP contribution in [-0.2, 0) is 9.59 Å². The van der Waals surface area contributed by atoms with Gasteiger partial charge in [0, 0.05) is 19.5 Å². The minimum absolute atomic E-state index is 0.0198. The number of amides is 2. The third kappa shape index (κ3) is 2.57. The summed E-state index contributed by atoms with van der Waals surface area (Å²) in [6.07, 6.45) is 7.84. The molecule has 0 unspecified atom stereocenters. The molecule has 1 aliphatic heterocycles.